The van der Waals surface area contributed by atoms with Crippen molar-refractivity contribution in [2.45, 2.75) is 17.9 Å². The second kappa shape index (κ2) is 8.14. The first kappa shape index (κ1) is 19.4. The average Bonchev–Trinajstić information content (AvgIpc) is 3.10. The molecule has 142 valence electrons. The summed E-state index contributed by atoms with van der Waals surface area (Å²) in [7, 11) is -1.60. The number of nitrogens with zero attached hydrogens (tertiary/aromatic N) is 2. The Kier molecular flexibility index (Phi) is 6.09. The van der Waals surface area contributed by atoms with Gasteiger partial charge in [0.25, 0.3) is 0 Å². The molecule has 0 amide bonds. The molecule has 0 aliphatic carbocycles. The number of rotatable bonds is 6. The van der Waals surface area contributed by atoms with E-state index in [9.17, 15) is 12.8 Å². The summed E-state index contributed by atoms with van der Waals surface area (Å²) in [5.74, 6) is -0.435. The lowest BCUT2D eigenvalue weighted by atomic mass is 10.1. The van der Waals surface area contributed by atoms with Crippen LogP contribution in [0.1, 0.15) is 17.2 Å². The van der Waals surface area contributed by atoms with E-state index in [0.717, 1.165) is 31.7 Å². The zero-order chi connectivity index (χ0) is 18.7. The summed E-state index contributed by atoms with van der Waals surface area (Å²) in [6.45, 7) is 5.62. The van der Waals surface area contributed by atoms with Crippen molar-refractivity contribution in [3.05, 3.63) is 52.0 Å². The molecule has 1 aliphatic rings. The number of sulfonamides is 1. The fourth-order valence-electron chi connectivity index (χ4n) is 3.24. The third-order valence-electron chi connectivity index (χ3n) is 4.80. The van der Waals surface area contributed by atoms with Gasteiger partial charge in [0.15, 0.2) is 0 Å². The van der Waals surface area contributed by atoms with E-state index in [-0.39, 0.29) is 10.9 Å². The number of aryl methyl sites for hydroxylation is 1. The monoisotopic (exact) mass is 397 g/mol. The maximum absolute atomic E-state index is 13.3. The molecule has 0 spiro atoms. The molecule has 1 unspecified atom stereocenters. The molecular formula is C18H24FN3O2S2. The molecule has 0 saturated carbocycles. The molecule has 1 aromatic heterocycles. The summed E-state index contributed by atoms with van der Waals surface area (Å²) in [6.07, 6.45) is 0. The van der Waals surface area contributed by atoms with Gasteiger partial charge in [0.05, 0.1) is 4.90 Å². The van der Waals surface area contributed by atoms with Crippen LogP contribution in [-0.2, 0) is 10.0 Å². The summed E-state index contributed by atoms with van der Waals surface area (Å²) < 4.78 is 41.4. The summed E-state index contributed by atoms with van der Waals surface area (Å²) >= 11 is 1.61. The van der Waals surface area contributed by atoms with Crippen LogP contribution in [0.25, 0.3) is 0 Å². The highest BCUT2D eigenvalue weighted by Crippen LogP contribution is 2.25. The standard InChI is InChI=1S/C18H24FN3O2S2/c1-14-11-16(19)3-4-18(14)26(23,24)20-12-17(15-5-10-25-13-15)22-8-6-21(2)7-9-22/h3-5,10-11,13,17,20H,6-9,12H2,1-2H3. The van der Waals surface area contributed by atoms with Gasteiger partial charge in [-0.15, -0.1) is 0 Å². The first-order chi connectivity index (χ1) is 12.4. The molecule has 1 aliphatic heterocycles. The summed E-state index contributed by atoms with van der Waals surface area (Å²) in [5, 5.41) is 4.08. The van der Waals surface area contributed by atoms with Gasteiger partial charge in [0, 0.05) is 38.8 Å². The number of likely N-dealkylation sites (N-methyl/N-ethyl adjacent to an activating group) is 1. The Morgan fingerprint density at radius 3 is 2.58 bits per heavy atom. The van der Waals surface area contributed by atoms with Crippen molar-refractivity contribution >= 4 is 21.4 Å². The molecule has 1 saturated heterocycles. The number of thiophene rings is 1. The van der Waals surface area contributed by atoms with Gasteiger partial charge in [0.2, 0.25) is 10.0 Å². The molecule has 1 aromatic carbocycles. The summed E-state index contributed by atoms with van der Waals surface area (Å²) in [5.41, 5.74) is 1.53. The first-order valence-electron chi connectivity index (χ1n) is 8.57. The number of halogens is 1. The minimum atomic E-state index is -3.69. The molecule has 1 atom stereocenters. The molecule has 3 rings (SSSR count). The summed E-state index contributed by atoms with van der Waals surface area (Å²) in [4.78, 5) is 4.72. The van der Waals surface area contributed by atoms with E-state index in [1.807, 2.05) is 11.4 Å². The zero-order valence-corrected chi connectivity index (χ0v) is 16.6. The van der Waals surface area contributed by atoms with Gasteiger partial charge in [-0.3, -0.25) is 4.90 Å². The Morgan fingerprint density at radius 2 is 1.96 bits per heavy atom. The first-order valence-corrected chi connectivity index (χ1v) is 11.0. The van der Waals surface area contributed by atoms with Crippen LogP contribution in [0.15, 0.2) is 39.9 Å². The molecule has 1 N–H and O–H groups in total. The minimum Gasteiger partial charge on any atom is -0.304 e. The molecule has 2 heterocycles. The molecule has 5 nitrogen and oxygen atoms in total. The van der Waals surface area contributed by atoms with Crippen molar-refractivity contribution < 1.29 is 12.8 Å². The van der Waals surface area contributed by atoms with Crippen LogP contribution in [0.5, 0.6) is 0 Å². The van der Waals surface area contributed by atoms with Crippen LogP contribution in [0.4, 0.5) is 4.39 Å². The van der Waals surface area contributed by atoms with E-state index in [4.69, 9.17) is 0 Å². The highest BCUT2D eigenvalue weighted by molar-refractivity contribution is 7.89. The van der Waals surface area contributed by atoms with Gasteiger partial charge in [-0.1, -0.05) is 0 Å². The lowest BCUT2D eigenvalue weighted by Gasteiger charge is -2.38. The second-order valence-corrected chi connectivity index (χ2v) is 9.19. The third kappa shape index (κ3) is 4.50. The van der Waals surface area contributed by atoms with Crippen LogP contribution in [-0.4, -0.2) is 58.0 Å². The fourth-order valence-corrected chi connectivity index (χ4v) is 5.21. The van der Waals surface area contributed by atoms with Crippen molar-refractivity contribution in [3.8, 4) is 0 Å². The van der Waals surface area contributed by atoms with Gasteiger partial charge >= 0.3 is 0 Å². The molecule has 26 heavy (non-hydrogen) atoms. The van der Waals surface area contributed by atoms with Crippen molar-refractivity contribution in [1.29, 1.82) is 0 Å². The van der Waals surface area contributed by atoms with E-state index in [2.05, 4.69) is 26.9 Å². The van der Waals surface area contributed by atoms with Gasteiger partial charge < -0.3 is 4.90 Å². The predicted octanol–water partition coefficient (Wildman–Crippen LogP) is 2.46. The summed E-state index contributed by atoms with van der Waals surface area (Å²) in [6, 6.07) is 5.78. The molecule has 0 radical (unpaired) electrons. The number of benzene rings is 1. The van der Waals surface area contributed by atoms with Crippen LogP contribution >= 0.6 is 11.3 Å². The van der Waals surface area contributed by atoms with Crippen molar-refractivity contribution in [2.24, 2.45) is 0 Å². The molecule has 2 aromatic rings. The van der Waals surface area contributed by atoms with Crippen LogP contribution in [0.2, 0.25) is 0 Å². The maximum Gasteiger partial charge on any atom is 0.240 e. The van der Waals surface area contributed by atoms with Crippen molar-refractivity contribution in [1.82, 2.24) is 14.5 Å². The van der Waals surface area contributed by atoms with E-state index in [1.54, 1.807) is 18.3 Å². The fraction of sp³-hybridized carbons (Fsp3) is 0.444. The van der Waals surface area contributed by atoms with E-state index in [1.165, 1.54) is 18.2 Å². The van der Waals surface area contributed by atoms with Crippen LogP contribution in [0.3, 0.4) is 0 Å². The van der Waals surface area contributed by atoms with E-state index < -0.39 is 15.8 Å². The smallest absolute Gasteiger partial charge is 0.240 e. The van der Waals surface area contributed by atoms with Gasteiger partial charge in [-0.25, -0.2) is 17.5 Å². The topological polar surface area (TPSA) is 52.7 Å². The predicted molar refractivity (Wildman–Crippen MR) is 102 cm³/mol. The Labute approximate surface area is 158 Å². The largest absolute Gasteiger partial charge is 0.304 e. The molecule has 0 bridgehead atoms. The lowest BCUT2D eigenvalue weighted by Crippen LogP contribution is -2.48. The van der Waals surface area contributed by atoms with Crippen molar-refractivity contribution in [3.63, 3.8) is 0 Å². The number of piperazine rings is 1. The SMILES string of the molecule is Cc1cc(F)ccc1S(=O)(=O)NCC(c1ccsc1)N1CCN(C)CC1. The Hall–Kier alpha value is -1.32. The average molecular weight is 398 g/mol. The highest BCUT2D eigenvalue weighted by atomic mass is 32.2. The van der Waals surface area contributed by atoms with E-state index in [0.29, 0.717) is 12.1 Å². The minimum absolute atomic E-state index is 0.00882. The maximum atomic E-state index is 13.3. The lowest BCUT2D eigenvalue weighted by molar-refractivity contribution is 0.113. The van der Waals surface area contributed by atoms with Gasteiger partial charge in [0.1, 0.15) is 5.82 Å². The zero-order valence-electron chi connectivity index (χ0n) is 15.0. The van der Waals surface area contributed by atoms with E-state index >= 15 is 0 Å². The molecule has 8 heteroatoms. The second-order valence-electron chi connectivity index (χ2n) is 6.67. The van der Waals surface area contributed by atoms with Crippen molar-refractivity contribution in [2.75, 3.05) is 39.8 Å². The van der Waals surface area contributed by atoms with Crippen LogP contribution in [0, 0.1) is 12.7 Å². The molecule has 1 fully saturated rings. The highest BCUT2D eigenvalue weighted by Gasteiger charge is 2.26. The Morgan fingerprint density at radius 1 is 1.23 bits per heavy atom. The number of nitrogens with one attached hydrogen (secondary N) is 1. The third-order valence-corrected chi connectivity index (χ3v) is 7.09. The molecular weight excluding hydrogens is 373 g/mol. The Bertz CT molecular complexity index is 832. The van der Waals surface area contributed by atoms with Gasteiger partial charge in [-0.2, -0.15) is 11.3 Å². The van der Waals surface area contributed by atoms with Gasteiger partial charge in [-0.05, 0) is 60.1 Å². The normalized spacial score (nSPS) is 18.1. The number of hydrogen-bond donors (Lipinski definition) is 1. The Balaban J connectivity index is 1.77. The number of hydrogen-bond acceptors (Lipinski definition) is 5. The quantitative estimate of drug-likeness (QED) is 0.814. The van der Waals surface area contributed by atoms with Crippen LogP contribution < -0.4 is 4.72 Å².